The van der Waals surface area contributed by atoms with Gasteiger partial charge in [-0.05, 0) is 39.7 Å². The number of benzene rings is 1. The van der Waals surface area contributed by atoms with E-state index in [4.69, 9.17) is 4.99 Å². The van der Waals surface area contributed by atoms with Crippen molar-refractivity contribution >= 4 is 23.3 Å². The summed E-state index contributed by atoms with van der Waals surface area (Å²) >= 11 is 1.75. The van der Waals surface area contributed by atoms with E-state index in [0.717, 1.165) is 39.8 Å². The number of aldehydes is 1. The van der Waals surface area contributed by atoms with Crippen LogP contribution in [0.25, 0.3) is 5.00 Å². The minimum atomic E-state index is -0.188. The molecule has 1 aliphatic heterocycles. The molecule has 0 N–H and O–H groups in total. The van der Waals surface area contributed by atoms with Crippen LogP contribution in [0.15, 0.2) is 29.3 Å². The monoisotopic (exact) mass is 378 g/mol. The van der Waals surface area contributed by atoms with E-state index in [1.807, 2.05) is 6.92 Å². The van der Waals surface area contributed by atoms with E-state index < -0.39 is 0 Å². The zero-order valence-electron chi connectivity index (χ0n) is 16.0. The number of hydrogen-bond acceptors (Lipinski definition) is 5. The smallest absolute Gasteiger partial charge is 0.163 e. The highest BCUT2D eigenvalue weighted by molar-refractivity contribution is 7.15. The minimum absolute atomic E-state index is 0.188. The van der Waals surface area contributed by atoms with Gasteiger partial charge in [0.25, 0.3) is 0 Å². The van der Waals surface area contributed by atoms with Gasteiger partial charge < -0.3 is 4.79 Å². The first-order valence-corrected chi connectivity index (χ1v) is 9.94. The number of rotatable bonds is 4. The van der Waals surface area contributed by atoms with Crippen molar-refractivity contribution < 1.29 is 4.79 Å². The molecule has 1 atom stereocenters. The van der Waals surface area contributed by atoms with Crippen LogP contribution in [0.1, 0.15) is 57.7 Å². The molecule has 27 heavy (non-hydrogen) atoms. The molecule has 0 spiro atoms. The summed E-state index contributed by atoms with van der Waals surface area (Å²) in [5.41, 5.74) is 5.68. The molecule has 0 saturated carbocycles. The van der Waals surface area contributed by atoms with Gasteiger partial charge in [0.1, 0.15) is 23.2 Å². The Labute approximate surface area is 162 Å². The van der Waals surface area contributed by atoms with E-state index in [-0.39, 0.29) is 6.04 Å². The number of hydrogen-bond donors (Lipinski definition) is 0. The van der Waals surface area contributed by atoms with E-state index in [1.165, 1.54) is 16.0 Å². The lowest BCUT2D eigenvalue weighted by Crippen LogP contribution is -2.07. The fourth-order valence-corrected chi connectivity index (χ4v) is 4.73. The van der Waals surface area contributed by atoms with Gasteiger partial charge in [-0.3, -0.25) is 9.56 Å². The number of fused-ring (bicyclic) bond motifs is 3. The van der Waals surface area contributed by atoms with Crippen molar-refractivity contribution in [1.82, 2.24) is 14.8 Å². The first-order chi connectivity index (χ1) is 13.0. The summed E-state index contributed by atoms with van der Waals surface area (Å²) in [6, 6.07) is 8.29. The highest BCUT2D eigenvalue weighted by Gasteiger charge is 2.30. The SMILES string of the molecule is Cc1ccc(C2=NC(CCC=O)c3nnc(C)n3-c3sc(C)c(C)c32)cc1. The summed E-state index contributed by atoms with van der Waals surface area (Å²) in [5.74, 6) is 1.67. The van der Waals surface area contributed by atoms with Crippen molar-refractivity contribution in [2.24, 2.45) is 4.99 Å². The molecule has 0 aliphatic carbocycles. The van der Waals surface area contributed by atoms with E-state index in [0.29, 0.717) is 12.8 Å². The third kappa shape index (κ3) is 2.94. The highest BCUT2D eigenvalue weighted by atomic mass is 32.1. The summed E-state index contributed by atoms with van der Waals surface area (Å²) in [7, 11) is 0. The molecule has 6 heteroatoms. The van der Waals surface area contributed by atoms with Crippen LogP contribution < -0.4 is 0 Å². The molecular weight excluding hydrogens is 356 g/mol. The lowest BCUT2D eigenvalue weighted by Gasteiger charge is -2.11. The van der Waals surface area contributed by atoms with E-state index in [2.05, 4.69) is 59.8 Å². The summed E-state index contributed by atoms with van der Waals surface area (Å²) in [6.45, 7) is 8.35. The van der Waals surface area contributed by atoms with Gasteiger partial charge in [-0.25, -0.2) is 0 Å². The van der Waals surface area contributed by atoms with Crippen LogP contribution in [0.4, 0.5) is 0 Å². The van der Waals surface area contributed by atoms with E-state index in [1.54, 1.807) is 11.3 Å². The van der Waals surface area contributed by atoms with Crippen LogP contribution >= 0.6 is 11.3 Å². The number of carbonyl (C=O) groups excluding carboxylic acids is 1. The lowest BCUT2D eigenvalue weighted by atomic mass is 9.99. The van der Waals surface area contributed by atoms with Crippen molar-refractivity contribution in [3.63, 3.8) is 0 Å². The maximum absolute atomic E-state index is 11.0. The molecule has 5 nitrogen and oxygen atoms in total. The Morgan fingerprint density at radius 3 is 2.56 bits per heavy atom. The zero-order valence-corrected chi connectivity index (χ0v) is 16.8. The summed E-state index contributed by atoms with van der Waals surface area (Å²) in [5, 5.41) is 9.86. The predicted octanol–water partition coefficient (Wildman–Crippen LogP) is 4.43. The summed E-state index contributed by atoms with van der Waals surface area (Å²) in [4.78, 5) is 17.4. The Hall–Kier alpha value is -2.60. The molecule has 3 heterocycles. The fraction of sp³-hybridized carbons (Fsp3) is 0.333. The maximum atomic E-state index is 11.0. The van der Waals surface area contributed by atoms with Gasteiger partial charge in [-0.2, -0.15) is 0 Å². The molecule has 0 amide bonds. The first-order valence-electron chi connectivity index (χ1n) is 9.12. The van der Waals surface area contributed by atoms with Crippen LogP contribution in [0.5, 0.6) is 0 Å². The number of aryl methyl sites for hydroxylation is 3. The molecule has 4 rings (SSSR count). The van der Waals surface area contributed by atoms with Crippen molar-refractivity contribution in [3.8, 4) is 5.00 Å². The number of aliphatic imine (C=N–C) groups is 1. The number of aromatic nitrogens is 3. The Kier molecular flexibility index (Phi) is 4.52. The number of carbonyl (C=O) groups is 1. The average molecular weight is 379 g/mol. The predicted molar refractivity (Wildman–Crippen MR) is 108 cm³/mol. The van der Waals surface area contributed by atoms with Gasteiger partial charge in [-0.1, -0.05) is 29.8 Å². The van der Waals surface area contributed by atoms with Crippen LogP contribution in [0.2, 0.25) is 0 Å². The summed E-state index contributed by atoms with van der Waals surface area (Å²) < 4.78 is 2.13. The van der Waals surface area contributed by atoms with Gasteiger partial charge in [0.15, 0.2) is 5.82 Å². The normalized spacial score (nSPS) is 15.7. The summed E-state index contributed by atoms with van der Waals surface area (Å²) in [6.07, 6.45) is 2.03. The highest BCUT2D eigenvalue weighted by Crippen LogP contribution is 2.39. The second-order valence-electron chi connectivity index (χ2n) is 7.01. The van der Waals surface area contributed by atoms with Crippen LogP contribution in [-0.4, -0.2) is 26.8 Å². The minimum Gasteiger partial charge on any atom is -0.303 e. The standard InChI is InChI=1S/C21H22N4OS/c1-12-7-9-16(10-8-12)19-18-13(2)14(3)27-21(18)25-15(4)23-24-20(25)17(22-19)6-5-11-26/h7-11,17H,5-6H2,1-4H3. The van der Waals surface area contributed by atoms with Gasteiger partial charge in [0, 0.05) is 22.4 Å². The molecule has 2 aromatic heterocycles. The third-order valence-electron chi connectivity index (χ3n) is 5.12. The molecular formula is C21H22N4OS. The Bertz CT molecular complexity index is 1040. The average Bonchev–Trinajstić information content (AvgIpc) is 3.12. The molecule has 1 unspecified atom stereocenters. The quantitative estimate of drug-likeness (QED) is 0.631. The third-order valence-corrected chi connectivity index (χ3v) is 6.31. The van der Waals surface area contributed by atoms with Gasteiger partial charge in [0.2, 0.25) is 0 Å². The van der Waals surface area contributed by atoms with Gasteiger partial charge >= 0.3 is 0 Å². The first kappa shape index (κ1) is 17.8. The van der Waals surface area contributed by atoms with E-state index >= 15 is 0 Å². The molecule has 1 aliphatic rings. The maximum Gasteiger partial charge on any atom is 0.163 e. The van der Waals surface area contributed by atoms with Gasteiger partial charge in [0.05, 0.1) is 5.71 Å². The Morgan fingerprint density at radius 2 is 1.85 bits per heavy atom. The molecule has 0 saturated heterocycles. The van der Waals surface area contributed by atoms with Crippen molar-refractivity contribution in [2.45, 2.75) is 46.6 Å². The van der Waals surface area contributed by atoms with Crippen molar-refractivity contribution in [1.29, 1.82) is 0 Å². The molecule has 3 aromatic rings. The topological polar surface area (TPSA) is 60.1 Å². The molecule has 0 bridgehead atoms. The van der Waals surface area contributed by atoms with E-state index in [9.17, 15) is 4.79 Å². The fourth-order valence-electron chi connectivity index (χ4n) is 3.52. The van der Waals surface area contributed by atoms with Crippen LogP contribution in [0.3, 0.4) is 0 Å². The van der Waals surface area contributed by atoms with Crippen molar-refractivity contribution in [2.75, 3.05) is 0 Å². The zero-order chi connectivity index (χ0) is 19.1. The lowest BCUT2D eigenvalue weighted by molar-refractivity contribution is -0.108. The second-order valence-corrected chi connectivity index (χ2v) is 8.21. The molecule has 138 valence electrons. The Balaban J connectivity index is 2.00. The van der Waals surface area contributed by atoms with Crippen LogP contribution in [-0.2, 0) is 4.79 Å². The molecule has 1 aromatic carbocycles. The Morgan fingerprint density at radius 1 is 1.11 bits per heavy atom. The van der Waals surface area contributed by atoms with Gasteiger partial charge in [-0.15, -0.1) is 21.5 Å². The largest absolute Gasteiger partial charge is 0.303 e. The number of nitrogens with zero attached hydrogens (tertiary/aromatic N) is 4. The second kappa shape index (κ2) is 6.85. The van der Waals surface area contributed by atoms with Crippen molar-refractivity contribution in [3.05, 3.63) is 63.0 Å². The molecule has 0 fully saturated rings. The number of thiophene rings is 1. The van der Waals surface area contributed by atoms with Crippen LogP contribution in [0, 0.1) is 27.7 Å². The molecule has 0 radical (unpaired) electrons.